The van der Waals surface area contributed by atoms with Crippen molar-refractivity contribution in [2.45, 2.75) is 6.54 Å². The molecule has 22 heavy (non-hydrogen) atoms. The number of ether oxygens (including phenoxy) is 1. The molecule has 1 aromatic rings. The summed E-state index contributed by atoms with van der Waals surface area (Å²) in [6.45, 7) is 4.38. The fourth-order valence-electron chi connectivity index (χ4n) is 2.03. The minimum atomic E-state index is 0. The van der Waals surface area contributed by atoms with E-state index in [2.05, 4.69) is 58.5 Å². The van der Waals surface area contributed by atoms with Gasteiger partial charge in [0.05, 0.1) is 6.61 Å². The Morgan fingerprint density at radius 3 is 2.45 bits per heavy atom. The fourth-order valence-corrected chi connectivity index (χ4v) is 2.03. The van der Waals surface area contributed by atoms with Crippen LogP contribution in [0.25, 0.3) is 0 Å². The number of nitrogens with one attached hydrogen (secondary N) is 1. The Balaban J connectivity index is 0.00000441. The maximum Gasteiger partial charge on any atom is 0.193 e. The van der Waals surface area contributed by atoms with Gasteiger partial charge < -0.3 is 19.9 Å². The molecule has 0 saturated heterocycles. The van der Waals surface area contributed by atoms with Crippen LogP contribution in [0.1, 0.15) is 5.56 Å². The number of benzene rings is 1. The number of hydrogen-bond acceptors (Lipinski definition) is 3. The van der Waals surface area contributed by atoms with Crippen molar-refractivity contribution < 1.29 is 4.74 Å². The molecule has 0 atom stereocenters. The van der Waals surface area contributed by atoms with E-state index in [-0.39, 0.29) is 24.0 Å². The SMILES string of the molecule is CN=C(NCCN(C)CCOC)N(C)Cc1ccccc1.I. The monoisotopic (exact) mass is 420 g/mol. The van der Waals surface area contributed by atoms with E-state index in [1.165, 1.54) is 5.56 Å². The lowest BCUT2D eigenvalue weighted by atomic mass is 10.2. The first kappa shape index (κ1) is 21.1. The number of hydrogen-bond donors (Lipinski definition) is 1. The van der Waals surface area contributed by atoms with Gasteiger partial charge in [0.1, 0.15) is 0 Å². The maximum atomic E-state index is 5.07. The Kier molecular flexibility index (Phi) is 12.2. The molecule has 0 aliphatic rings. The van der Waals surface area contributed by atoms with Crippen LogP contribution in [0.15, 0.2) is 35.3 Å². The molecule has 0 aliphatic heterocycles. The lowest BCUT2D eigenvalue weighted by molar-refractivity contribution is 0.162. The van der Waals surface area contributed by atoms with E-state index in [0.717, 1.165) is 38.7 Å². The highest BCUT2D eigenvalue weighted by Crippen LogP contribution is 2.02. The summed E-state index contributed by atoms with van der Waals surface area (Å²) in [6.07, 6.45) is 0. The lowest BCUT2D eigenvalue weighted by Gasteiger charge is -2.23. The molecule has 0 fully saturated rings. The van der Waals surface area contributed by atoms with Crippen molar-refractivity contribution in [3.05, 3.63) is 35.9 Å². The minimum absolute atomic E-state index is 0. The third-order valence-corrected chi connectivity index (χ3v) is 3.29. The van der Waals surface area contributed by atoms with E-state index in [4.69, 9.17) is 4.74 Å². The van der Waals surface area contributed by atoms with Gasteiger partial charge in [0.2, 0.25) is 0 Å². The lowest BCUT2D eigenvalue weighted by Crippen LogP contribution is -2.42. The van der Waals surface area contributed by atoms with Crippen molar-refractivity contribution >= 4 is 29.9 Å². The van der Waals surface area contributed by atoms with Crippen LogP contribution < -0.4 is 5.32 Å². The third-order valence-electron chi connectivity index (χ3n) is 3.29. The first-order valence-corrected chi connectivity index (χ1v) is 7.30. The van der Waals surface area contributed by atoms with Crippen LogP contribution in [0.3, 0.4) is 0 Å². The topological polar surface area (TPSA) is 40.1 Å². The van der Waals surface area contributed by atoms with Crippen LogP contribution in [0.2, 0.25) is 0 Å². The Hall–Kier alpha value is -0.860. The number of nitrogens with zero attached hydrogens (tertiary/aromatic N) is 3. The highest BCUT2D eigenvalue weighted by molar-refractivity contribution is 14.0. The zero-order valence-corrected chi connectivity index (χ0v) is 16.4. The summed E-state index contributed by atoms with van der Waals surface area (Å²) in [5.74, 6) is 0.916. The maximum absolute atomic E-state index is 5.07. The number of methoxy groups -OCH3 is 1. The van der Waals surface area contributed by atoms with Crippen LogP contribution in [0.4, 0.5) is 0 Å². The highest BCUT2D eigenvalue weighted by atomic mass is 127. The standard InChI is InChI=1S/C16H28N4O.HI/c1-17-16(18-10-11-19(2)12-13-21-4)20(3)14-15-8-6-5-7-9-15;/h5-9H,10-14H2,1-4H3,(H,17,18);1H. The first-order valence-electron chi connectivity index (χ1n) is 7.30. The van der Waals surface area contributed by atoms with Gasteiger partial charge in [0, 0.05) is 47.4 Å². The molecule has 1 N–H and O–H groups in total. The van der Waals surface area contributed by atoms with Crippen LogP contribution in [-0.4, -0.2) is 70.3 Å². The van der Waals surface area contributed by atoms with Crippen molar-refractivity contribution in [1.82, 2.24) is 15.1 Å². The first-order chi connectivity index (χ1) is 10.2. The van der Waals surface area contributed by atoms with Crippen molar-refractivity contribution in [3.8, 4) is 0 Å². The molecule has 0 aromatic heterocycles. The smallest absolute Gasteiger partial charge is 0.193 e. The summed E-state index contributed by atoms with van der Waals surface area (Å²) in [5.41, 5.74) is 1.28. The molecule has 0 amide bonds. The average molecular weight is 420 g/mol. The molecule has 0 aliphatic carbocycles. The van der Waals surface area contributed by atoms with Crippen LogP contribution in [0, 0.1) is 0 Å². The van der Waals surface area contributed by atoms with Gasteiger partial charge in [0.25, 0.3) is 0 Å². The second-order valence-electron chi connectivity index (χ2n) is 5.11. The number of likely N-dealkylation sites (N-methyl/N-ethyl adjacent to an activating group) is 1. The molecular weight excluding hydrogens is 391 g/mol. The molecule has 126 valence electrons. The second kappa shape index (κ2) is 12.7. The van der Waals surface area contributed by atoms with E-state index >= 15 is 0 Å². The van der Waals surface area contributed by atoms with Crippen molar-refractivity contribution in [2.75, 3.05) is 54.5 Å². The van der Waals surface area contributed by atoms with Crippen molar-refractivity contribution in [3.63, 3.8) is 0 Å². The molecule has 0 unspecified atom stereocenters. The predicted octanol–water partition coefficient (Wildman–Crippen LogP) is 1.89. The number of aliphatic imine (C=N–C) groups is 1. The Morgan fingerprint density at radius 2 is 1.86 bits per heavy atom. The molecule has 5 nitrogen and oxygen atoms in total. The zero-order valence-electron chi connectivity index (χ0n) is 14.1. The molecule has 1 aromatic carbocycles. The summed E-state index contributed by atoms with van der Waals surface area (Å²) in [4.78, 5) is 8.70. The summed E-state index contributed by atoms with van der Waals surface area (Å²) >= 11 is 0. The summed E-state index contributed by atoms with van der Waals surface area (Å²) in [7, 11) is 7.69. The molecule has 0 bridgehead atoms. The molecule has 1 rings (SSSR count). The van der Waals surface area contributed by atoms with Gasteiger partial charge in [-0.15, -0.1) is 24.0 Å². The largest absolute Gasteiger partial charge is 0.383 e. The summed E-state index contributed by atoms with van der Waals surface area (Å²) in [6, 6.07) is 10.4. The van der Waals surface area contributed by atoms with E-state index in [1.54, 1.807) is 7.11 Å². The van der Waals surface area contributed by atoms with E-state index in [0.29, 0.717) is 0 Å². The third kappa shape index (κ3) is 8.55. The van der Waals surface area contributed by atoms with Crippen LogP contribution in [0.5, 0.6) is 0 Å². The van der Waals surface area contributed by atoms with Crippen molar-refractivity contribution in [2.24, 2.45) is 4.99 Å². The van der Waals surface area contributed by atoms with Crippen molar-refractivity contribution in [1.29, 1.82) is 0 Å². The number of halogens is 1. The van der Waals surface area contributed by atoms with Crippen LogP contribution in [-0.2, 0) is 11.3 Å². The van der Waals surface area contributed by atoms with Gasteiger partial charge in [-0.25, -0.2) is 0 Å². The molecule has 0 saturated carbocycles. The van der Waals surface area contributed by atoms with Gasteiger partial charge in [0.15, 0.2) is 5.96 Å². The Bertz CT molecular complexity index is 414. The second-order valence-corrected chi connectivity index (χ2v) is 5.11. The summed E-state index contributed by atoms with van der Waals surface area (Å²) in [5, 5.41) is 3.39. The molecule has 6 heteroatoms. The fraction of sp³-hybridized carbons (Fsp3) is 0.562. The molecule has 0 heterocycles. The average Bonchev–Trinajstić information content (AvgIpc) is 2.50. The number of guanidine groups is 1. The molecular formula is C16H29IN4O. The predicted molar refractivity (Wildman–Crippen MR) is 104 cm³/mol. The number of rotatable bonds is 8. The Labute approximate surface area is 151 Å². The summed E-state index contributed by atoms with van der Waals surface area (Å²) < 4.78 is 5.07. The normalized spacial score (nSPS) is 11.2. The Morgan fingerprint density at radius 1 is 1.18 bits per heavy atom. The van der Waals surface area contributed by atoms with E-state index < -0.39 is 0 Å². The highest BCUT2D eigenvalue weighted by Gasteiger charge is 2.06. The van der Waals surface area contributed by atoms with E-state index in [9.17, 15) is 0 Å². The quantitative estimate of drug-likeness (QED) is 0.396. The molecule has 0 spiro atoms. The van der Waals surface area contributed by atoms with Gasteiger partial charge in [-0.2, -0.15) is 0 Å². The van der Waals surface area contributed by atoms with Gasteiger partial charge in [-0.3, -0.25) is 4.99 Å². The minimum Gasteiger partial charge on any atom is -0.383 e. The van der Waals surface area contributed by atoms with Gasteiger partial charge >= 0.3 is 0 Å². The van der Waals surface area contributed by atoms with Crippen LogP contribution >= 0.6 is 24.0 Å². The molecule has 0 radical (unpaired) electrons. The van der Waals surface area contributed by atoms with E-state index in [1.807, 2.05) is 13.1 Å². The zero-order chi connectivity index (χ0) is 15.5. The van der Waals surface area contributed by atoms with Gasteiger partial charge in [-0.1, -0.05) is 30.3 Å². The van der Waals surface area contributed by atoms with Gasteiger partial charge in [-0.05, 0) is 12.6 Å².